The molecule has 2 rings (SSSR count). The van der Waals surface area contributed by atoms with Gasteiger partial charge in [-0.15, -0.1) is 0 Å². The van der Waals surface area contributed by atoms with Crippen LogP contribution < -0.4 is 5.32 Å². The van der Waals surface area contributed by atoms with Crippen LogP contribution in [0.5, 0.6) is 0 Å². The van der Waals surface area contributed by atoms with Crippen molar-refractivity contribution in [3.05, 3.63) is 18.2 Å². The molecule has 15 heavy (non-hydrogen) atoms. The van der Waals surface area contributed by atoms with Crippen LogP contribution in [-0.2, 0) is 11.3 Å². The van der Waals surface area contributed by atoms with E-state index in [0.717, 1.165) is 31.9 Å². The molecule has 4 heteroatoms. The molecule has 1 unspecified atom stereocenters. The molecular formula is C11H19N3O. The van der Waals surface area contributed by atoms with Gasteiger partial charge in [0, 0.05) is 25.4 Å². The van der Waals surface area contributed by atoms with Crippen LogP contribution in [0.25, 0.3) is 0 Å². The van der Waals surface area contributed by atoms with E-state index in [4.69, 9.17) is 4.74 Å². The van der Waals surface area contributed by atoms with Gasteiger partial charge in [0.1, 0.15) is 0 Å². The summed E-state index contributed by atoms with van der Waals surface area (Å²) in [6.07, 6.45) is 5.14. The summed E-state index contributed by atoms with van der Waals surface area (Å²) < 4.78 is 7.53. The maximum atomic E-state index is 5.35. The van der Waals surface area contributed by atoms with Crippen molar-refractivity contribution in [2.24, 2.45) is 0 Å². The average Bonchev–Trinajstić information content (AvgIpc) is 2.85. The quantitative estimate of drug-likeness (QED) is 0.813. The Bertz CT molecular complexity index is 303. The summed E-state index contributed by atoms with van der Waals surface area (Å²) >= 11 is 0. The Morgan fingerprint density at radius 3 is 3.20 bits per heavy atom. The lowest BCUT2D eigenvalue weighted by atomic mass is 10.2. The van der Waals surface area contributed by atoms with Gasteiger partial charge in [-0.1, -0.05) is 13.8 Å². The highest BCUT2D eigenvalue weighted by Crippen LogP contribution is 2.18. The number of nitrogens with zero attached hydrogens (tertiary/aromatic N) is 2. The molecule has 84 valence electrons. The summed E-state index contributed by atoms with van der Waals surface area (Å²) in [4.78, 5) is 4.38. The molecule has 1 atom stereocenters. The van der Waals surface area contributed by atoms with Crippen molar-refractivity contribution < 1.29 is 4.74 Å². The minimum Gasteiger partial charge on any atom is -0.379 e. The van der Waals surface area contributed by atoms with E-state index in [2.05, 4.69) is 34.9 Å². The largest absolute Gasteiger partial charge is 0.379 e. The Balaban J connectivity index is 1.91. The first-order valence-electron chi connectivity index (χ1n) is 5.59. The molecule has 0 radical (unpaired) electrons. The first kappa shape index (κ1) is 10.6. The van der Waals surface area contributed by atoms with Gasteiger partial charge in [0.25, 0.3) is 0 Å². The molecule has 0 aromatic carbocycles. The molecule has 0 bridgehead atoms. The molecule has 1 aromatic heterocycles. The second kappa shape index (κ2) is 4.77. The van der Waals surface area contributed by atoms with Crippen molar-refractivity contribution in [2.75, 3.05) is 13.2 Å². The maximum Gasteiger partial charge on any atom is 0.0953 e. The number of hydrogen-bond donors (Lipinski definition) is 1. The number of rotatable bonds is 4. The molecule has 1 aliphatic rings. The minimum atomic E-state index is 0.491. The predicted molar refractivity (Wildman–Crippen MR) is 58.7 cm³/mol. The van der Waals surface area contributed by atoms with Crippen molar-refractivity contribution in [1.82, 2.24) is 14.9 Å². The van der Waals surface area contributed by atoms with Gasteiger partial charge in [0.2, 0.25) is 0 Å². The van der Waals surface area contributed by atoms with Crippen LogP contribution >= 0.6 is 0 Å². The van der Waals surface area contributed by atoms with E-state index in [-0.39, 0.29) is 0 Å². The standard InChI is InChI=1S/C11H19N3O/c1-9(2)12-5-10-6-14(8-13-10)11-3-4-15-7-11/h6,8-9,11-12H,3-5,7H2,1-2H3. The molecule has 1 aliphatic heterocycles. The minimum absolute atomic E-state index is 0.491. The number of imidazole rings is 1. The van der Waals surface area contributed by atoms with Gasteiger partial charge in [-0.25, -0.2) is 4.98 Å². The second-order valence-electron chi connectivity index (χ2n) is 4.37. The van der Waals surface area contributed by atoms with Crippen LogP contribution in [0.1, 0.15) is 32.0 Å². The van der Waals surface area contributed by atoms with Crippen LogP contribution in [-0.4, -0.2) is 28.8 Å². The zero-order chi connectivity index (χ0) is 10.7. The van der Waals surface area contributed by atoms with Crippen molar-refractivity contribution in [3.63, 3.8) is 0 Å². The van der Waals surface area contributed by atoms with E-state index in [1.807, 2.05) is 6.33 Å². The third kappa shape index (κ3) is 2.79. The van der Waals surface area contributed by atoms with E-state index in [1.165, 1.54) is 0 Å². The highest BCUT2D eigenvalue weighted by Gasteiger charge is 2.17. The van der Waals surface area contributed by atoms with Gasteiger partial charge < -0.3 is 14.6 Å². The zero-order valence-electron chi connectivity index (χ0n) is 9.44. The summed E-state index contributed by atoms with van der Waals surface area (Å²) in [6.45, 7) is 6.83. The van der Waals surface area contributed by atoms with Crippen molar-refractivity contribution >= 4 is 0 Å². The maximum absolute atomic E-state index is 5.35. The number of aromatic nitrogens is 2. The highest BCUT2D eigenvalue weighted by molar-refractivity contribution is 4.98. The van der Waals surface area contributed by atoms with Gasteiger partial charge in [0.15, 0.2) is 0 Å². The van der Waals surface area contributed by atoms with Crippen LogP contribution in [0.15, 0.2) is 12.5 Å². The first-order valence-corrected chi connectivity index (χ1v) is 5.59. The molecular weight excluding hydrogens is 190 g/mol. The molecule has 0 aliphatic carbocycles. The molecule has 1 saturated heterocycles. The summed E-state index contributed by atoms with van der Waals surface area (Å²) in [5.41, 5.74) is 1.11. The van der Waals surface area contributed by atoms with Crippen LogP contribution in [0.4, 0.5) is 0 Å². The topological polar surface area (TPSA) is 39.1 Å². The van der Waals surface area contributed by atoms with Gasteiger partial charge >= 0.3 is 0 Å². The Morgan fingerprint density at radius 1 is 1.67 bits per heavy atom. The molecule has 1 N–H and O–H groups in total. The van der Waals surface area contributed by atoms with Crippen molar-refractivity contribution in [3.8, 4) is 0 Å². The molecule has 0 amide bonds. The van der Waals surface area contributed by atoms with E-state index in [1.54, 1.807) is 0 Å². The lowest BCUT2D eigenvalue weighted by molar-refractivity contribution is 0.186. The Kier molecular flexibility index (Phi) is 3.38. The fourth-order valence-electron chi connectivity index (χ4n) is 1.74. The Morgan fingerprint density at radius 2 is 2.53 bits per heavy atom. The van der Waals surface area contributed by atoms with Crippen LogP contribution in [0, 0.1) is 0 Å². The molecule has 1 aromatic rings. The van der Waals surface area contributed by atoms with Gasteiger partial charge in [0.05, 0.1) is 24.7 Å². The van der Waals surface area contributed by atoms with E-state index in [9.17, 15) is 0 Å². The van der Waals surface area contributed by atoms with E-state index >= 15 is 0 Å². The van der Waals surface area contributed by atoms with E-state index in [0.29, 0.717) is 12.1 Å². The number of nitrogens with one attached hydrogen (secondary N) is 1. The second-order valence-corrected chi connectivity index (χ2v) is 4.37. The molecule has 1 fully saturated rings. The molecule has 0 saturated carbocycles. The normalized spacial score (nSPS) is 21.4. The lowest BCUT2D eigenvalue weighted by Gasteiger charge is -2.08. The third-order valence-electron chi connectivity index (χ3n) is 2.67. The molecule has 4 nitrogen and oxygen atoms in total. The van der Waals surface area contributed by atoms with Crippen molar-refractivity contribution in [2.45, 2.75) is 38.9 Å². The number of hydrogen-bond acceptors (Lipinski definition) is 3. The fourth-order valence-corrected chi connectivity index (χ4v) is 1.74. The predicted octanol–water partition coefficient (Wildman–Crippen LogP) is 1.34. The highest BCUT2D eigenvalue weighted by atomic mass is 16.5. The zero-order valence-corrected chi connectivity index (χ0v) is 9.44. The first-order chi connectivity index (χ1) is 7.25. The van der Waals surface area contributed by atoms with Gasteiger partial charge in [-0.3, -0.25) is 0 Å². The smallest absolute Gasteiger partial charge is 0.0953 e. The van der Waals surface area contributed by atoms with Gasteiger partial charge in [-0.2, -0.15) is 0 Å². The summed E-state index contributed by atoms with van der Waals surface area (Å²) in [5.74, 6) is 0. The SMILES string of the molecule is CC(C)NCc1cn(C2CCOC2)cn1. The Hall–Kier alpha value is -0.870. The van der Waals surface area contributed by atoms with Crippen LogP contribution in [0.3, 0.4) is 0 Å². The summed E-state index contributed by atoms with van der Waals surface area (Å²) in [7, 11) is 0. The average molecular weight is 209 g/mol. The van der Waals surface area contributed by atoms with Crippen molar-refractivity contribution in [1.29, 1.82) is 0 Å². The monoisotopic (exact) mass is 209 g/mol. The number of ether oxygens (including phenoxy) is 1. The fraction of sp³-hybridized carbons (Fsp3) is 0.727. The lowest BCUT2D eigenvalue weighted by Crippen LogP contribution is -2.21. The third-order valence-corrected chi connectivity index (χ3v) is 2.67. The molecule has 0 spiro atoms. The van der Waals surface area contributed by atoms with E-state index < -0.39 is 0 Å². The van der Waals surface area contributed by atoms with Crippen LogP contribution in [0.2, 0.25) is 0 Å². The Labute approximate surface area is 90.6 Å². The van der Waals surface area contributed by atoms with Gasteiger partial charge in [-0.05, 0) is 6.42 Å². The summed E-state index contributed by atoms with van der Waals surface area (Å²) in [6, 6.07) is 0.996. The summed E-state index contributed by atoms with van der Waals surface area (Å²) in [5, 5.41) is 3.36. The molecule has 2 heterocycles.